The molecule has 0 atom stereocenters. The number of anilines is 1. The van der Waals surface area contributed by atoms with Crippen molar-refractivity contribution in [3.63, 3.8) is 0 Å². The van der Waals surface area contributed by atoms with Crippen molar-refractivity contribution >= 4 is 33.4 Å². The van der Waals surface area contributed by atoms with Gasteiger partial charge in [-0.15, -0.1) is 11.8 Å². The molecule has 3 rings (SSSR count). The van der Waals surface area contributed by atoms with Gasteiger partial charge in [-0.25, -0.2) is 8.42 Å². The van der Waals surface area contributed by atoms with Gasteiger partial charge in [0.1, 0.15) is 12.3 Å². The number of benzene rings is 3. The second kappa shape index (κ2) is 12.8. The van der Waals surface area contributed by atoms with Gasteiger partial charge < -0.3 is 10.1 Å². The molecule has 0 spiro atoms. The summed E-state index contributed by atoms with van der Waals surface area (Å²) in [6.45, 7) is 6.05. The number of sulfonamides is 1. The number of thioether (sulfide) groups is 1. The van der Waals surface area contributed by atoms with E-state index in [4.69, 9.17) is 4.74 Å². The zero-order chi connectivity index (χ0) is 26.1. The van der Waals surface area contributed by atoms with Crippen molar-refractivity contribution in [1.29, 1.82) is 0 Å². The first kappa shape index (κ1) is 27.6. The quantitative estimate of drug-likeness (QED) is 0.251. The zero-order valence-corrected chi connectivity index (χ0v) is 22.9. The van der Waals surface area contributed by atoms with Crippen LogP contribution in [-0.4, -0.2) is 39.8 Å². The van der Waals surface area contributed by atoms with Gasteiger partial charge in [-0.2, -0.15) is 0 Å². The number of carbonyl (C=O) groups excluding carboxylic acids is 1. The SMILES string of the molecule is CSc1ccc(S(=O)(=O)N(CC(=O)NCCCc2cccc(OC(C)C)c2)c2ccc(C)cc2)cc1. The normalized spacial score (nSPS) is 11.4. The molecule has 0 heterocycles. The van der Waals surface area contributed by atoms with E-state index >= 15 is 0 Å². The third kappa shape index (κ3) is 7.77. The lowest BCUT2D eigenvalue weighted by molar-refractivity contribution is -0.119. The molecular weight excluding hydrogens is 492 g/mol. The Hall–Kier alpha value is -2.97. The topological polar surface area (TPSA) is 75.7 Å². The van der Waals surface area contributed by atoms with Gasteiger partial charge in [0.2, 0.25) is 5.91 Å². The minimum Gasteiger partial charge on any atom is -0.491 e. The maximum absolute atomic E-state index is 13.5. The van der Waals surface area contributed by atoms with E-state index in [-0.39, 0.29) is 23.5 Å². The standard InChI is InChI=1S/C28H34N2O4S2/c1-21(2)34-25-9-5-7-23(19-25)8-6-18-29-28(31)20-30(24-12-10-22(3)11-13-24)36(32,33)27-16-14-26(35-4)15-17-27/h5,7,9-17,19,21H,6,8,18,20H2,1-4H3,(H,29,31). The summed E-state index contributed by atoms with van der Waals surface area (Å²) in [6, 6.07) is 21.8. The largest absolute Gasteiger partial charge is 0.491 e. The molecule has 0 aliphatic rings. The lowest BCUT2D eigenvalue weighted by Gasteiger charge is -2.24. The second-order valence-electron chi connectivity index (χ2n) is 8.79. The smallest absolute Gasteiger partial charge is 0.264 e. The van der Waals surface area contributed by atoms with Gasteiger partial charge in [0, 0.05) is 11.4 Å². The number of nitrogens with one attached hydrogen (secondary N) is 1. The van der Waals surface area contributed by atoms with Crippen molar-refractivity contribution in [1.82, 2.24) is 5.32 Å². The highest BCUT2D eigenvalue weighted by molar-refractivity contribution is 7.98. The van der Waals surface area contributed by atoms with Crippen LogP contribution in [0.1, 0.15) is 31.4 Å². The minimum absolute atomic E-state index is 0.107. The monoisotopic (exact) mass is 526 g/mol. The fourth-order valence-electron chi connectivity index (χ4n) is 3.65. The molecule has 0 saturated heterocycles. The molecule has 36 heavy (non-hydrogen) atoms. The lowest BCUT2D eigenvalue weighted by Crippen LogP contribution is -2.41. The van der Waals surface area contributed by atoms with E-state index in [1.807, 2.05) is 63.4 Å². The van der Waals surface area contributed by atoms with Gasteiger partial charge in [-0.05, 0) is 94.0 Å². The summed E-state index contributed by atoms with van der Waals surface area (Å²) in [4.78, 5) is 13.9. The maximum atomic E-state index is 13.5. The number of nitrogens with zero attached hydrogens (tertiary/aromatic N) is 1. The molecule has 0 aromatic heterocycles. The number of carbonyl (C=O) groups is 1. The highest BCUT2D eigenvalue weighted by atomic mass is 32.2. The second-order valence-corrected chi connectivity index (χ2v) is 11.5. The molecule has 0 aliphatic heterocycles. The lowest BCUT2D eigenvalue weighted by atomic mass is 10.1. The molecule has 0 unspecified atom stereocenters. The number of rotatable bonds is 12. The number of hydrogen-bond acceptors (Lipinski definition) is 5. The highest BCUT2D eigenvalue weighted by Crippen LogP contribution is 2.25. The third-order valence-electron chi connectivity index (χ3n) is 5.49. The van der Waals surface area contributed by atoms with E-state index in [1.165, 1.54) is 16.1 Å². The molecular formula is C28H34N2O4S2. The first-order valence-corrected chi connectivity index (χ1v) is 14.6. The van der Waals surface area contributed by atoms with Gasteiger partial charge in [-0.1, -0.05) is 29.8 Å². The van der Waals surface area contributed by atoms with E-state index in [2.05, 4.69) is 5.32 Å². The van der Waals surface area contributed by atoms with Crippen LogP contribution in [0.3, 0.4) is 0 Å². The van der Waals surface area contributed by atoms with Crippen molar-refractivity contribution in [3.8, 4) is 5.75 Å². The number of ether oxygens (including phenoxy) is 1. The molecule has 3 aromatic carbocycles. The predicted octanol–water partition coefficient (Wildman–Crippen LogP) is 5.45. The molecule has 6 nitrogen and oxygen atoms in total. The Kier molecular flexibility index (Phi) is 9.84. The average molecular weight is 527 g/mol. The summed E-state index contributed by atoms with van der Waals surface area (Å²) in [5, 5.41) is 2.87. The van der Waals surface area contributed by atoms with Crippen molar-refractivity contribution < 1.29 is 17.9 Å². The first-order chi connectivity index (χ1) is 17.2. The van der Waals surface area contributed by atoms with Crippen molar-refractivity contribution in [2.45, 2.75) is 49.5 Å². The fourth-order valence-corrected chi connectivity index (χ4v) is 5.48. The van der Waals surface area contributed by atoms with Gasteiger partial charge >= 0.3 is 0 Å². The van der Waals surface area contributed by atoms with E-state index in [0.717, 1.165) is 34.6 Å². The van der Waals surface area contributed by atoms with Gasteiger partial charge in [0.05, 0.1) is 16.7 Å². The Bertz CT molecular complexity index is 1240. The molecule has 0 bridgehead atoms. The molecule has 3 aromatic rings. The number of aryl methyl sites for hydroxylation is 2. The predicted molar refractivity (Wildman–Crippen MR) is 147 cm³/mol. The molecule has 1 N–H and O–H groups in total. The van der Waals surface area contributed by atoms with Crippen molar-refractivity contribution in [3.05, 3.63) is 83.9 Å². The van der Waals surface area contributed by atoms with Crippen LogP contribution in [0.25, 0.3) is 0 Å². The van der Waals surface area contributed by atoms with E-state index in [1.54, 1.807) is 36.4 Å². The first-order valence-electron chi connectivity index (χ1n) is 11.9. The Balaban J connectivity index is 1.66. The van der Waals surface area contributed by atoms with Crippen LogP contribution in [0.2, 0.25) is 0 Å². The molecule has 0 aliphatic carbocycles. The number of amides is 1. The third-order valence-corrected chi connectivity index (χ3v) is 8.02. The summed E-state index contributed by atoms with van der Waals surface area (Å²) >= 11 is 1.54. The minimum atomic E-state index is -3.93. The van der Waals surface area contributed by atoms with Gasteiger partial charge in [-0.3, -0.25) is 9.10 Å². The summed E-state index contributed by atoms with van der Waals surface area (Å²) < 4.78 is 33.9. The van der Waals surface area contributed by atoms with E-state index in [0.29, 0.717) is 12.2 Å². The Morgan fingerprint density at radius 3 is 2.36 bits per heavy atom. The molecule has 8 heteroatoms. The fraction of sp³-hybridized carbons (Fsp3) is 0.321. The summed E-state index contributed by atoms with van der Waals surface area (Å²) in [5.41, 5.74) is 2.58. The molecule has 1 amide bonds. The Labute approximate surface area is 219 Å². The average Bonchev–Trinajstić information content (AvgIpc) is 2.85. The van der Waals surface area contributed by atoms with E-state index in [9.17, 15) is 13.2 Å². The van der Waals surface area contributed by atoms with Crippen LogP contribution >= 0.6 is 11.8 Å². The number of hydrogen-bond donors (Lipinski definition) is 1. The summed E-state index contributed by atoms with van der Waals surface area (Å²) in [6.07, 6.45) is 3.54. The van der Waals surface area contributed by atoms with Crippen LogP contribution in [-0.2, 0) is 21.2 Å². The summed E-state index contributed by atoms with van der Waals surface area (Å²) in [5.74, 6) is 0.479. The van der Waals surface area contributed by atoms with Gasteiger partial charge in [0.25, 0.3) is 10.0 Å². The Morgan fingerprint density at radius 2 is 1.72 bits per heavy atom. The zero-order valence-electron chi connectivity index (χ0n) is 21.2. The van der Waals surface area contributed by atoms with Crippen LogP contribution in [0.4, 0.5) is 5.69 Å². The molecule has 192 valence electrons. The molecule has 0 radical (unpaired) electrons. The van der Waals surface area contributed by atoms with Crippen molar-refractivity contribution in [2.75, 3.05) is 23.7 Å². The van der Waals surface area contributed by atoms with Gasteiger partial charge in [0.15, 0.2) is 0 Å². The Morgan fingerprint density at radius 1 is 1.03 bits per heavy atom. The van der Waals surface area contributed by atoms with Crippen LogP contribution in [0, 0.1) is 6.92 Å². The molecule has 0 saturated carbocycles. The maximum Gasteiger partial charge on any atom is 0.264 e. The van der Waals surface area contributed by atoms with E-state index < -0.39 is 10.0 Å². The molecule has 0 fully saturated rings. The van der Waals surface area contributed by atoms with Crippen LogP contribution in [0.15, 0.2) is 82.6 Å². The van der Waals surface area contributed by atoms with Crippen molar-refractivity contribution in [2.24, 2.45) is 0 Å². The van der Waals surface area contributed by atoms with Crippen LogP contribution in [0.5, 0.6) is 5.75 Å². The highest BCUT2D eigenvalue weighted by Gasteiger charge is 2.27. The van der Waals surface area contributed by atoms with Crippen LogP contribution < -0.4 is 14.4 Å². The summed E-state index contributed by atoms with van der Waals surface area (Å²) in [7, 11) is -3.93.